The third-order valence-electron chi connectivity index (χ3n) is 13.2. The SMILES string of the molecule is COc1c(Nc2ncc3c(n2)-c2c(c(C(N)=O)nn2C)CC3)cc(N2CCN(C)CC2)cc1C(=O)NCCOCC(=O)N[C@H](C(=O)N1C[C@H](O)C[C@H]1C(=O)NCc1ccc(-c2scnc2C)cc1)C(C)(C)C. The molecule has 3 atom stereocenters. The zero-order valence-electron chi connectivity index (χ0n) is 41.7. The molecule has 3 aliphatic rings. The van der Waals surface area contributed by atoms with E-state index in [-0.39, 0.29) is 55.6 Å². The lowest BCUT2D eigenvalue weighted by molar-refractivity contribution is -0.144. The summed E-state index contributed by atoms with van der Waals surface area (Å²) in [6.07, 6.45) is 2.05. The quantitative estimate of drug-likeness (QED) is 0.0732. The number of methoxy groups -OCH3 is 1. The van der Waals surface area contributed by atoms with Crippen LogP contribution in [0.4, 0.5) is 17.3 Å². The summed E-state index contributed by atoms with van der Waals surface area (Å²) in [6, 6.07) is 9.51. The van der Waals surface area contributed by atoms with Crippen LogP contribution in [0.5, 0.6) is 5.75 Å². The van der Waals surface area contributed by atoms with E-state index in [4.69, 9.17) is 20.2 Å². The van der Waals surface area contributed by atoms with Gasteiger partial charge in [-0.1, -0.05) is 45.0 Å². The smallest absolute Gasteiger partial charge is 0.269 e. The molecule has 2 aromatic carbocycles. The first-order chi connectivity index (χ1) is 34.4. The number of likely N-dealkylation sites (N-methyl/N-ethyl adjacent to an activating group) is 1. The standard InChI is InChI=1S/C50H63N13O8S/c1-28-43(72-27-55-28)30-10-8-29(9-11-30)23-53-47(68)37-22-33(64)25-63(37)48(69)44(50(2,3)4)57-38(65)26-71-19-14-52-46(67)35-20-32(62-17-15-60(5)16-18-62)21-36(42(35)70-7)56-49-54-24-31-12-13-34-40(45(51)66)59-61(6)41(34)39(31)58-49/h8-11,20-21,24,27,33,37,44,64H,12-19,22-23,25-26H2,1-7H3,(H2,51,66)(H,52,67)(H,53,68)(H,57,65)(H,54,56,58)/t33-,37+,44-/m1/s1. The van der Waals surface area contributed by atoms with Gasteiger partial charge in [0.25, 0.3) is 11.8 Å². The minimum absolute atomic E-state index is 0.0328. The number of nitrogens with one attached hydrogen (secondary N) is 4. The Bertz CT molecular complexity index is 2840. The van der Waals surface area contributed by atoms with Crippen LogP contribution in [0.15, 0.2) is 48.1 Å². The van der Waals surface area contributed by atoms with E-state index >= 15 is 0 Å². The molecule has 0 unspecified atom stereocenters. The predicted molar refractivity (Wildman–Crippen MR) is 271 cm³/mol. The number of hydrogen-bond donors (Lipinski definition) is 6. The molecular formula is C50H63N13O8S. The van der Waals surface area contributed by atoms with Gasteiger partial charge in [0.1, 0.15) is 18.7 Å². The molecule has 0 bridgehead atoms. The molecule has 2 fully saturated rings. The van der Waals surface area contributed by atoms with Gasteiger partial charge in [0, 0.05) is 76.7 Å². The molecule has 0 saturated carbocycles. The molecule has 2 saturated heterocycles. The molecule has 0 spiro atoms. The van der Waals surface area contributed by atoms with E-state index in [0.717, 1.165) is 64.7 Å². The van der Waals surface area contributed by atoms with Crippen molar-refractivity contribution in [3.05, 3.63) is 81.7 Å². The number of likely N-dealkylation sites (tertiary alicyclic amines) is 1. The monoisotopic (exact) mass is 1010 g/mol. The third kappa shape index (κ3) is 11.4. The lowest BCUT2D eigenvalue weighted by atomic mass is 9.85. The van der Waals surface area contributed by atoms with Crippen molar-refractivity contribution in [3.8, 4) is 27.6 Å². The van der Waals surface area contributed by atoms with Gasteiger partial charge in [-0.05, 0) is 61.1 Å². The number of aromatic nitrogens is 5. The highest BCUT2D eigenvalue weighted by atomic mass is 32.1. The maximum Gasteiger partial charge on any atom is 0.269 e. The second-order valence-corrected chi connectivity index (χ2v) is 20.3. The Balaban J connectivity index is 0.886. The Morgan fingerprint density at radius 2 is 1.75 bits per heavy atom. The van der Waals surface area contributed by atoms with E-state index in [1.54, 1.807) is 61.6 Å². The second kappa shape index (κ2) is 21.8. The first-order valence-corrected chi connectivity index (χ1v) is 24.8. The van der Waals surface area contributed by atoms with Crippen LogP contribution in [0.2, 0.25) is 0 Å². The zero-order chi connectivity index (χ0) is 51.4. The summed E-state index contributed by atoms with van der Waals surface area (Å²) in [5.74, 6) is -2.03. The van der Waals surface area contributed by atoms with Gasteiger partial charge in [-0.3, -0.25) is 28.7 Å². The zero-order valence-corrected chi connectivity index (χ0v) is 42.5. The first-order valence-electron chi connectivity index (χ1n) is 24.0. The van der Waals surface area contributed by atoms with Gasteiger partial charge < -0.3 is 56.3 Å². The van der Waals surface area contributed by atoms with Crippen molar-refractivity contribution in [2.24, 2.45) is 18.2 Å². The van der Waals surface area contributed by atoms with Gasteiger partial charge in [-0.15, -0.1) is 11.3 Å². The van der Waals surface area contributed by atoms with E-state index < -0.39 is 59.7 Å². The van der Waals surface area contributed by atoms with Gasteiger partial charge in [0.05, 0.1) is 58.5 Å². The number of nitrogens with two attached hydrogens (primary N) is 1. The molecular weight excluding hydrogens is 943 g/mol. The summed E-state index contributed by atoms with van der Waals surface area (Å²) in [5, 5.41) is 26.9. The minimum atomic E-state index is -1.05. The van der Waals surface area contributed by atoms with Crippen LogP contribution in [0.1, 0.15) is 70.4 Å². The maximum absolute atomic E-state index is 14.2. The van der Waals surface area contributed by atoms with Crippen LogP contribution in [0, 0.1) is 12.3 Å². The number of anilines is 3. The number of carbonyl (C=O) groups is 5. The van der Waals surface area contributed by atoms with Gasteiger partial charge in [-0.25, -0.2) is 15.0 Å². The number of carbonyl (C=O) groups excluding carboxylic acids is 5. The van der Waals surface area contributed by atoms with Crippen molar-refractivity contribution in [1.82, 2.24) is 50.5 Å². The first kappa shape index (κ1) is 51.3. The number of primary amides is 1. The number of aryl methyl sites for hydroxylation is 3. The van der Waals surface area contributed by atoms with Crippen LogP contribution < -0.4 is 36.6 Å². The van der Waals surface area contributed by atoms with Crippen molar-refractivity contribution >= 4 is 58.2 Å². The van der Waals surface area contributed by atoms with Crippen molar-refractivity contribution in [1.29, 1.82) is 0 Å². The fraction of sp³-hybridized carbons (Fsp3) is 0.460. The molecule has 2 aliphatic heterocycles. The highest BCUT2D eigenvalue weighted by Crippen LogP contribution is 2.38. The number of amides is 5. The second-order valence-electron chi connectivity index (χ2n) is 19.5. The number of aliphatic hydroxyl groups excluding tert-OH is 1. The van der Waals surface area contributed by atoms with Crippen LogP contribution in [-0.2, 0) is 45.6 Å². The summed E-state index contributed by atoms with van der Waals surface area (Å²) in [6.45, 7) is 10.2. The number of ether oxygens (including phenoxy) is 2. The Morgan fingerprint density at radius 3 is 2.43 bits per heavy atom. The molecule has 3 aromatic heterocycles. The highest BCUT2D eigenvalue weighted by Gasteiger charge is 2.44. The van der Waals surface area contributed by atoms with E-state index in [9.17, 15) is 29.1 Å². The Kier molecular flexibility index (Phi) is 15.5. The molecule has 7 N–H and O–H groups in total. The topological polar surface area (TPSA) is 264 Å². The fourth-order valence-corrected chi connectivity index (χ4v) is 10.2. The average Bonchev–Trinajstić information content (AvgIpc) is 4.07. The largest absolute Gasteiger partial charge is 0.494 e. The molecule has 21 nitrogen and oxygen atoms in total. The van der Waals surface area contributed by atoms with Crippen molar-refractivity contribution in [2.45, 2.75) is 71.7 Å². The predicted octanol–water partition coefficient (Wildman–Crippen LogP) is 2.57. The Morgan fingerprint density at radius 1 is 1.00 bits per heavy atom. The lowest BCUT2D eigenvalue weighted by Crippen LogP contribution is -2.58. The number of fused-ring (bicyclic) bond motifs is 3. The Labute approximate surface area is 421 Å². The molecule has 8 rings (SSSR count). The number of hydrogen-bond acceptors (Lipinski definition) is 16. The third-order valence-corrected chi connectivity index (χ3v) is 14.2. The van der Waals surface area contributed by atoms with Gasteiger partial charge in [-0.2, -0.15) is 5.10 Å². The number of rotatable bonds is 17. The fourth-order valence-electron chi connectivity index (χ4n) is 9.36. The van der Waals surface area contributed by atoms with Crippen molar-refractivity contribution in [3.63, 3.8) is 0 Å². The van der Waals surface area contributed by atoms with E-state index in [1.165, 1.54) is 12.0 Å². The summed E-state index contributed by atoms with van der Waals surface area (Å²) < 4.78 is 13.2. The molecule has 382 valence electrons. The van der Waals surface area contributed by atoms with Gasteiger partial charge >= 0.3 is 0 Å². The number of benzene rings is 2. The van der Waals surface area contributed by atoms with E-state index in [2.05, 4.69) is 53.2 Å². The van der Waals surface area contributed by atoms with Gasteiger partial charge in [0.2, 0.25) is 23.7 Å². The lowest BCUT2D eigenvalue weighted by Gasteiger charge is -2.35. The summed E-state index contributed by atoms with van der Waals surface area (Å²) >= 11 is 1.56. The van der Waals surface area contributed by atoms with E-state index in [1.807, 2.05) is 37.3 Å². The molecule has 22 heteroatoms. The number of aliphatic hydroxyl groups is 1. The van der Waals surface area contributed by atoms with Crippen molar-refractivity contribution in [2.75, 3.05) is 76.9 Å². The minimum Gasteiger partial charge on any atom is -0.494 e. The highest BCUT2D eigenvalue weighted by molar-refractivity contribution is 7.13. The van der Waals surface area contributed by atoms with Crippen LogP contribution in [0.3, 0.4) is 0 Å². The van der Waals surface area contributed by atoms with Crippen LogP contribution in [0.25, 0.3) is 21.8 Å². The van der Waals surface area contributed by atoms with Gasteiger partial charge in [0.15, 0.2) is 11.4 Å². The van der Waals surface area contributed by atoms with E-state index in [0.29, 0.717) is 29.9 Å². The molecule has 5 aromatic rings. The maximum atomic E-state index is 14.2. The molecule has 1 aliphatic carbocycles. The van der Waals surface area contributed by atoms with Crippen LogP contribution >= 0.6 is 11.3 Å². The summed E-state index contributed by atoms with van der Waals surface area (Å²) in [5.41, 5.74) is 14.2. The van der Waals surface area contributed by atoms with Crippen LogP contribution in [-0.4, -0.2) is 154 Å². The normalized spacial score (nSPS) is 17.2. The van der Waals surface area contributed by atoms with Crippen molar-refractivity contribution < 1.29 is 38.6 Å². The molecule has 5 amide bonds. The number of nitrogens with zero attached hydrogens (tertiary/aromatic N) is 8. The number of β-amino-alcohol motifs (C(OH)–C–C–N with tert-alkyl or cyclic N) is 1. The number of piperazine rings is 1. The summed E-state index contributed by atoms with van der Waals surface area (Å²) in [7, 11) is 5.27. The summed E-state index contributed by atoms with van der Waals surface area (Å²) in [4.78, 5) is 87.9. The molecule has 0 radical (unpaired) electrons. The number of thiazole rings is 1. The Hall–Kier alpha value is -7.01. The molecule has 5 heterocycles. The molecule has 72 heavy (non-hydrogen) atoms. The average molecular weight is 1010 g/mol.